The number of hydrogen-bond donors (Lipinski definition) is 0. The van der Waals surface area contributed by atoms with Crippen LogP contribution in [0, 0.1) is 0 Å². The van der Waals surface area contributed by atoms with Crippen molar-refractivity contribution in [1.29, 1.82) is 0 Å². The Hall–Kier alpha value is -0.650. The molecule has 0 saturated carbocycles. The van der Waals surface area contributed by atoms with Crippen LogP contribution in [0.25, 0.3) is 0 Å². The second-order valence-electron chi connectivity index (χ2n) is 3.84. The maximum Gasteiger partial charge on any atom is 0.243 e. The van der Waals surface area contributed by atoms with Gasteiger partial charge in [0.25, 0.3) is 0 Å². The van der Waals surface area contributed by atoms with Gasteiger partial charge in [-0.2, -0.15) is 4.31 Å². The molecular formula is C12H16BrNO2S. The van der Waals surface area contributed by atoms with E-state index in [9.17, 15) is 8.42 Å². The predicted molar refractivity (Wildman–Crippen MR) is 73.4 cm³/mol. The van der Waals surface area contributed by atoms with Crippen LogP contribution in [0.2, 0.25) is 0 Å². The zero-order valence-corrected chi connectivity index (χ0v) is 12.4. The molecule has 0 atom stereocenters. The number of halogens is 1. The number of hydrogen-bond acceptors (Lipinski definition) is 2. The van der Waals surface area contributed by atoms with Crippen molar-refractivity contribution in [2.75, 3.05) is 13.1 Å². The summed E-state index contributed by atoms with van der Waals surface area (Å²) < 4.78 is 26.8. The predicted octanol–water partition coefficient (Wildman–Crippen LogP) is 3.04. The molecule has 0 heterocycles. The fourth-order valence-electron chi connectivity index (χ4n) is 1.42. The average molecular weight is 318 g/mol. The van der Waals surface area contributed by atoms with Crippen LogP contribution in [0.5, 0.6) is 0 Å². The molecule has 0 unspecified atom stereocenters. The molecule has 3 nitrogen and oxygen atoms in total. The van der Waals surface area contributed by atoms with Gasteiger partial charge in [-0.15, -0.1) is 0 Å². The first-order valence-corrected chi connectivity index (χ1v) is 7.51. The van der Waals surface area contributed by atoms with Crippen molar-refractivity contribution in [2.24, 2.45) is 0 Å². The number of sulfonamides is 1. The van der Waals surface area contributed by atoms with Crippen LogP contribution in [-0.2, 0) is 10.0 Å². The normalized spacial score (nSPS) is 11.8. The number of rotatable bonds is 5. The van der Waals surface area contributed by atoms with Gasteiger partial charge in [-0.25, -0.2) is 8.42 Å². The monoisotopic (exact) mass is 317 g/mol. The van der Waals surface area contributed by atoms with Gasteiger partial charge in [0.2, 0.25) is 10.0 Å². The van der Waals surface area contributed by atoms with Crippen LogP contribution in [0.1, 0.15) is 13.8 Å². The van der Waals surface area contributed by atoms with E-state index < -0.39 is 10.0 Å². The first-order chi connectivity index (χ1) is 7.87. The lowest BCUT2D eigenvalue weighted by molar-refractivity contribution is 0.453. The van der Waals surface area contributed by atoms with Crippen molar-refractivity contribution < 1.29 is 8.42 Å². The van der Waals surface area contributed by atoms with Gasteiger partial charge in [-0.1, -0.05) is 35.0 Å². The smallest absolute Gasteiger partial charge is 0.207 e. The lowest BCUT2D eigenvalue weighted by Gasteiger charge is -2.20. The van der Waals surface area contributed by atoms with Gasteiger partial charge in [0, 0.05) is 17.6 Å². The summed E-state index contributed by atoms with van der Waals surface area (Å²) in [6.07, 6.45) is 0. The lowest BCUT2D eigenvalue weighted by atomic mass is 10.3. The van der Waals surface area contributed by atoms with E-state index in [0.717, 1.165) is 10.0 Å². The highest BCUT2D eigenvalue weighted by Crippen LogP contribution is 2.19. The van der Waals surface area contributed by atoms with Crippen molar-refractivity contribution >= 4 is 26.0 Å². The van der Waals surface area contributed by atoms with Crippen LogP contribution in [0.3, 0.4) is 0 Å². The van der Waals surface area contributed by atoms with E-state index in [2.05, 4.69) is 22.5 Å². The van der Waals surface area contributed by atoms with Gasteiger partial charge in [-0.05, 0) is 31.2 Å². The third kappa shape index (κ3) is 3.66. The van der Waals surface area contributed by atoms with Crippen molar-refractivity contribution in [2.45, 2.75) is 18.7 Å². The molecule has 0 radical (unpaired) electrons. The van der Waals surface area contributed by atoms with E-state index in [1.165, 1.54) is 4.31 Å². The molecule has 0 spiro atoms. The highest BCUT2D eigenvalue weighted by atomic mass is 79.9. The molecule has 0 N–H and O–H groups in total. The molecule has 1 aromatic carbocycles. The van der Waals surface area contributed by atoms with E-state index in [1.807, 2.05) is 13.8 Å². The highest BCUT2D eigenvalue weighted by molar-refractivity contribution is 9.10. The summed E-state index contributed by atoms with van der Waals surface area (Å²) in [6.45, 7) is 8.18. The Morgan fingerprint density at radius 3 is 2.29 bits per heavy atom. The standard InChI is InChI=1S/C12H16BrNO2S/c1-4-14(9-10(2)3)17(15,16)12-7-5-11(13)6-8-12/h5-8H,2,4,9H2,1,3H3. The van der Waals surface area contributed by atoms with E-state index in [4.69, 9.17) is 0 Å². The Bertz CT molecular complexity index is 494. The lowest BCUT2D eigenvalue weighted by Crippen LogP contribution is -2.32. The van der Waals surface area contributed by atoms with E-state index in [0.29, 0.717) is 18.0 Å². The maximum atomic E-state index is 12.3. The third-order valence-corrected chi connectivity index (χ3v) is 4.71. The van der Waals surface area contributed by atoms with Crippen LogP contribution in [-0.4, -0.2) is 25.8 Å². The second kappa shape index (κ2) is 5.80. The number of nitrogens with zero attached hydrogens (tertiary/aromatic N) is 1. The molecule has 1 rings (SSSR count). The van der Waals surface area contributed by atoms with Gasteiger partial charge >= 0.3 is 0 Å². The second-order valence-corrected chi connectivity index (χ2v) is 6.70. The fraction of sp³-hybridized carbons (Fsp3) is 0.333. The summed E-state index contributed by atoms with van der Waals surface area (Å²) in [6, 6.07) is 6.64. The van der Waals surface area contributed by atoms with Crippen molar-refractivity contribution in [3.05, 3.63) is 40.9 Å². The zero-order chi connectivity index (χ0) is 13.1. The van der Waals surface area contributed by atoms with E-state index in [-0.39, 0.29) is 0 Å². The average Bonchev–Trinajstić information content (AvgIpc) is 2.26. The molecule has 94 valence electrons. The van der Waals surface area contributed by atoms with Crippen molar-refractivity contribution in [3.63, 3.8) is 0 Å². The van der Waals surface area contributed by atoms with Crippen molar-refractivity contribution in [1.82, 2.24) is 4.31 Å². The molecule has 0 amide bonds. The van der Waals surface area contributed by atoms with Crippen molar-refractivity contribution in [3.8, 4) is 0 Å². The summed E-state index contributed by atoms with van der Waals surface area (Å²) in [5, 5.41) is 0. The largest absolute Gasteiger partial charge is 0.243 e. The molecule has 0 saturated heterocycles. The number of benzene rings is 1. The molecule has 0 bridgehead atoms. The minimum Gasteiger partial charge on any atom is -0.207 e. The molecule has 0 aromatic heterocycles. The topological polar surface area (TPSA) is 37.4 Å². The third-order valence-electron chi connectivity index (χ3n) is 2.25. The van der Waals surface area contributed by atoms with Gasteiger partial charge in [0.05, 0.1) is 4.90 Å². The van der Waals surface area contributed by atoms with E-state index >= 15 is 0 Å². The SMILES string of the molecule is C=C(C)CN(CC)S(=O)(=O)c1ccc(Br)cc1. The summed E-state index contributed by atoms with van der Waals surface area (Å²) in [5.41, 5.74) is 0.826. The van der Waals surface area contributed by atoms with Gasteiger partial charge in [0.1, 0.15) is 0 Å². The fourth-order valence-corrected chi connectivity index (χ4v) is 3.20. The Morgan fingerprint density at radius 2 is 1.88 bits per heavy atom. The van der Waals surface area contributed by atoms with Crippen LogP contribution in [0.4, 0.5) is 0 Å². The molecule has 1 aromatic rings. The van der Waals surface area contributed by atoms with E-state index in [1.54, 1.807) is 24.3 Å². The number of likely N-dealkylation sites (N-methyl/N-ethyl adjacent to an activating group) is 1. The summed E-state index contributed by atoms with van der Waals surface area (Å²) in [5.74, 6) is 0. The minimum atomic E-state index is -3.41. The first kappa shape index (κ1) is 14.4. The maximum absolute atomic E-state index is 12.3. The molecule has 0 aliphatic heterocycles. The van der Waals surface area contributed by atoms with Crippen LogP contribution in [0.15, 0.2) is 45.8 Å². The minimum absolute atomic E-state index is 0.309. The zero-order valence-electron chi connectivity index (χ0n) is 9.98. The van der Waals surface area contributed by atoms with Crippen LogP contribution >= 0.6 is 15.9 Å². The van der Waals surface area contributed by atoms with Gasteiger partial charge in [-0.3, -0.25) is 0 Å². The quantitative estimate of drug-likeness (QED) is 0.783. The molecule has 17 heavy (non-hydrogen) atoms. The van der Waals surface area contributed by atoms with Gasteiger partial charge in [0.15, 0.2) is 0 Å². The first-order valence-electron chi connectivity index (χ1n) is 5.28. The molecule has 0 aliphatic carbocycles. The highest BCUT2D eigenvalue weighted by Gasteiger charge is 2.22. The Morgan fingerprint density at radius 1 is 1.35 bits per heavy atom. The Labute approximate surface area is 111 Å². The Kier molecular flexibility index (Phi) is 4.91. The Balaban J connectivity index is 3.08. The molecular weight excluding hydrogens is 302 g/mol. The molecule has 5 heteroatoms. The summed E-state index contributed by atoms with van der Waals surface area (Å²) >= 11 is 3.28. The van der Waals surface area contributed by atoms with Gasteiger partial charge < -0.3 is 0 Å². The summed E-state index contributed by atoms with van der Waals surface area (Å²) in [7, 11) is -3.41. The molecule has 0 fully saturated rings. The molecule has 0 aliphatic rings. The van der Waals surface area contributed by atoms with Crippen LogP contribution < -0.4 is 0 Å². The summed E-state index contributed by atoms with van der Waals surface area (Å²) in [4.78, 5) is 0.309.